The second kappa shape index (κ2) is 18.9. The molecule has 0 radical (unpaired) electrons. The Balaban J connectivity index is 1.01. The number of allylic oxidation sites excluding steroid dienone is 10. The molecule has 0 fully saturated rings. The average molecular weight is 936 g/mol. The van der Waals surface area contributed by atoms with Crippen LogP contribution in [0.3, 0.4) is 0 Å². The minimum absolute atomic E-state index is 0.0326. The van der Waals surface area contributed by atoms with Gasteiger partial charge < -0.3 is 4.90 Å². The monoisotopic (exact) mass is 936 g/mol. The van der Waals surface area contributed by atoms with Crippen LogP contribution < -0.4 is 4.90 Å². The largest absolute Gasteiger partial charge is 0.347 e. The molecule has 0 aromatic heterocycles. The van der Waals surface area contributed by atoms with Crippen LogP contribution in [-0.4, -0.2) is 24.4 Å². The quantitative estimate of drug-likeness (QED) is 0.111. The molecular weight excluding hydrogens is 869 g/mol. The van der Waals surface area contributed by atoms with Gasteiger partial charge in [-0.05, 0) is 122 Å². The first-order valence-corrected chi connectivity index (χ1v) is 26.0. The summed E-state index contributed by atoms with van der Waals surface area (Å²) >= 11 is 0. The van der Waals surface area contributed by atoms with Crippen LogP contribution >= 0.6 is 0 Å². The Labute approximate surface area is 428 Å². The fourth-order valence-electron chi connectivity index (χ4n) is 13.3. The van der Waals surface area contributed by atoms with Crippen molar-refractivity contribution < 1.29 is 4.58 Å². The Morgan fingerprint density at radius 3 is 1.47 bits per heavy atom. The lowest BCUT2D eigenvalue weighted by molar-refractivity contribution is -0.401. The number of anilines is 1. The van der Waals surface area contributed by atoms with E-state index in [1.54, 1.807) is 0 Å². The lowest BCUT2D eigenvalue weighted by Gasteiger charge is -2.42. The lowest BCUT2D eigenvalue weighted by Crippen LogP contribution is -2.39. The fourth-order valence-corrected chi connectivity index (χ4v) is 13.3. The van der Waals surface area contributed by atoms with Crippen molar-refractivity contribution >= 4 is 38.6 Å². The first kappa shape index (κ1) is 46.8. The Hall–Kier alpha value is -7.55. The van der Waals surface area contributed by atoms with E-state index in [9.17, 15) is 0 Å². The van der Waals surface area contributed by atoms with E-state index in [-0.39, 0.29) is 21.7 Å². The molecule has 0 atom stereocenters. The molecule has 0 spiro atoms. The van der Waals surface area contributed by atoms with Crippen molar-refractivity contribution in [2.75, 3.05) is 19.0 Å². The summed E-state index contributed by atoms with van der Waals surface area (Å²) in [6.45, 7) is 9.71. The molecular formula is C70H67N2+. The van der Waals surface area contributed by atoms with Gasteiger partial charge in [-0.1, -0.05) is 234 Å². The number of rotatable bonds is 12. The summed E-state index contributed by atoms with van der Waals surface area (Å²) in [5.74, 6) is 0. The molecule has 3 aliphatic rings. The molecule has 1 aliphatic carbocycles. The molecule has 0 N–H and O–H groups in total. The molecule has 2 nitrogen and oxygen atoms in total. The highest BCUT2D eigenvalue weighted by Crippen LogP contribution is 2.55. The smallest absolute Gasteiger partial charge is 0.210 e. The third-order valence-corrected chi connectivity index (χ3v) is 16.4. The zero-order valence-corrected chi connectivity index (χ0v) is 42.9. The summed E-state index contributed by atoms with van der Waals surface area (Å²) in [4.78, 5) is 2.48. The van der Waals surface area contributed by atoms with Crippen molar-refractivity contribution in [1.82, 2.24) is 0 Å². The van der Waals surface area contributed by atoms with Gasteiger partial charge in [0.25, 0.3) is 0 Å². The highest BCUT2D eigenvalue weighted by molar-refractivity contribution is 6.08. The van der Waals surface area contributed by atoms with Gasteiger partial charge in [-0.3, -0.25) is 0 Å². The van der Waals surface area contributed by atoms with Crippen molar-refractivity contribution in [1.29, 1.82) is 0 Å². The van der Waals surface area contributed by atoms with Crippen LogP contribution in [0.4, 0.5) is 11.4 Å². The van der Waals surface area contributed by atoms with Gasteiger partial charge in [0.05, 0.1) is 5.41 Å². The molecule has 2 heteroatoms. The normalized spacial score (nSPS) is 18.7. The number of benzene rings is 8. The van der Waals surface area contributed by atoms with Crippen molar-refractivity contribution in [2.24, 2.45) is 10.8 Å². The van der Waals surface area contributed by atoms with E-state index >= 15 is 0 Å². The maximum absolute atomic E-state index is 2.50. The van der Waals surface area contributed by atoms with E-state index in [2.05, 4.69) is 288 Å². The molecule has 356 valence electrons. The van der Waals surface area contributed by atoms with Gasteiger partial charge in [-0.2, -0.15) is 4.58 Å². The van der Waals surface area contributed by atoms with E-state index in [4.69, 9.17) is 0 Å². The summed E-state index contributed by atoms with van der Waals surface area (Å²) in [7, 11) is 4.55. The van der Waals surface area contributed by atoms with E-state index in [0.717, 1.165) is 32.1 Å². The molecule has 8 aromatic carbocycles. The Kier molecular flexibility index (Phi) is 12.3. The summed E-state index contributed by atoms with van der Waals surface area (Å²) in [6.07, 6.45) is 21.5. The molecule has 0 bridgehead atoms. The molecule has 2 aliphatic heterocycles. The van der Waals surface area contributed by atoms with Crippen LogP contribution in [-0.2, 0) is 36.5 Å². The number of hydrogen-bond donors (Lipinski definition) is 0. The Bertz CT molecular complexity index is 3410. The van der Waals surface area contributed by atoms with E-state index in [0.29, 0.717) is 0 Å². The van der Waals surface area contributed by atoms with Gasteiger partial charge in [0.15, 0.2) is 5.71 Å². The molecule has 72 heavy (non-hydrogen) atoms. The van der Waals surface area contributed by atoms with Crippen LogP contribution in [0, 0.1) is 10.8 Å². The number of nitrogens with zero attached hydrogens (tertiary/aromatic N) is 2. The molecule has 0 saturated heterocycles. The third-order valence-electron chi connectivity index (χ3n) is 16.4. The summed E-state index contributed by atoms with van der Waals surface area (Å²) in [5.41, 5.74) is 15.5. The summed E-state index contributed by atoms with van der Waals surface area (Å²) in [5, 5.41) is 5.23. The topological polar surface area (TPSA) is 6.25 Å². The average Bonchev–Trinajstić information content (AvgIpc) is 3.75. The predicted octanol–water partition coefficient (Wildman–Crippen LogP) is 16.6. The number of fused-ring (bicyclic) bond motifs is 6. The van der Waals surface area contributed by atoms with Gasteiger partial charge >= 0.3 is 0 Å². The highest BCUT2D eigenvalue weighted by Gasteiger charge is 2.52. The SMILES string of the molecule is CN1/C(=C/C=C/C2=CC(=C/C=C/C3=[N+](C)c4ccc5ccccc5c4C3(Cc3ccccc3)Cc3ccccc3)/C(C)(C)CC2(C)C)C(Cc2ccccc2)(Cc2ccccc2)c2c1ccc1ccccc21. The maximum atomic E-state index is 2.50. The summed E-state index contributed by atoms with van der Waals surface area (Å²) < 4.78 is 2.48. The molecule has 0 saturated carbocycles. The van der Waals surface area contributed by atoms with Crippen LogP contribution in [0.2, 0.25) is 0 Å². The van der Waals surface area contributed by atoms with Crippen molar-refractivity contribution in [2.45, 2.75) is 70.6 Å². The van der Waals surface area contributed by atoms with Gasteiger partial charge in [-0.25, -0.2) is 0 Å². The van der Waals surface area contributed by atoms with Gasteiger partial charge in [0, 0.05) is 41.6 Å². The van der Waals surface area contributed by atoms with Crippen LogP contribution in [0.25, 0.3) is 21.5 Å². The van der Waals surface area contributed by atoms with Crippen molar-refractivity contribution in [3.8, 4) is 0 Å². The van der Waals surface area contributed by atoms with Gasteiger partial charge in [0.1, 0.15) is 7.05 Å². The zero-order chi connectivity index (χ0) is 49.5. The van der Waals surface area contributed by atoms with Gasteiger partial charge in [-0.15, -0.1) is 0 Å². The van der Waals surface area contributed by atoms with Crippen LogP contribution in [0.15, 0.2) is 253 Å². The zero-order valence-electron chi connectivity index (χ0n) is 42.9. The summed E-state index contributed by atoms with van der Waals surface area (Å²) in [6, 6.07) is 71.7. The lowest BCUT2D eigenvalue weighted by atomic mass is 9.63. The number of hydrogen-bond acceptors (Lipinski definition) is 1. The van der Waals surface area contributed by atoms with Crippen molar-refractivity contribution in [3.05, 3.63) is 287 Å². The molecule has 11 rings (SSSR count). The third kappa shape index (κ3) is 8.51. The first-order valence-electron chi connectivity index (χ1n) is 26.0. The Morgan fingerprint density at radius 1 is 0.472 bits per heavy atom. The standard InChI is InChI=1S/C70H67N2/c1-67(2)50-68(3,4)58(36-24-40-64-70(48-53-29-15-9-16-30-53,49-54-31-17-10-18-32-54)66-60-38-22-20-34-56(60)42-44-62(66)72(64)6)45-57(67)35-23-39-63-69(46-51-25-11-7-12-26-51,47-52-27-13-8-14-28-52)65-59-37-21-19-33-55(59)41-43-61(65)71(63)5/h7-45H,46-50H2,1-6H3/q+1. The number of likely N-dealkylation sites (N-methyl/N-ethyl adjacent to an activating group) is 1. The van der Waals surface area contributed by atoms with Crippen LogP contribution in [0.5, 0.6) is 0 Å². The molecule has 2 heterocycles. The predicted molar refractivity (Wildman–Crippen MR) is 306 cm³/mol. The van der Waals surface area contributed by atoms with E-state index in [1.165, 1.54) is 88.9 Å². The molecule has 8 aromatic rings. The second-order valence-corrected chi connectivity index (χ2v) is 22.1. The van der Waals surface area contributed by atoms with Crippen molar-refractivity contribution in [3.63, 3.8) is 0 Å². The maximum Gasteiger partial charge on any atom is 0.210 e. The van der Waals surface area contributed by atoms with E-state index in [1.807, 2.05) is 0 Å². The molecule has 0 amide bonds. The van der Waals surface area contributed by atoms with E-state index < -0.39 is 0 Å². The minimum Gasteiger partial charge on any atom is -0.347 e. The minimum atomic E-state index is -0.306. The fraction of sp³-hybridized carbons (Fsp3) is 0.214. The first-order chi connectivity index (χ1) is 35.0. The highest BCUT2D eigenvalue weighted by atomic mass is 15.2. The second-order valence-electron chi connectivity index (χ2n) is 22.1. The van der Waals surface area contributed by atoms with Crippen LogP contribution in [0.1, 0.15) is 67.5 Å². The Morgan fingerprint density at radius 2 is 0.931 bits per heavy atom. The molecule has 0 unspecified atom stereocenters. The van der Waals surface area contributed by atoms with Gasteiger partial charge in [0.2, 0.25) is 5.69 Å².